The van der Waals surface area contributed by atoms with Crippen molar-refractivity contribution in [3.05, 3.63) is 120 Å². The molecule has 1 spiro atoms. The van der Waals surface area contributed by atoms with Crippen LogP contribution in [-0.4, -0.2) is 60.1 Å². The molecule has 3 amide bonds. The number of aliphatic hydroxyl groups excluding tert-OH is 1. The molecular weight excluding hydrogens is 635 g/mol. The molecule has 9 nitrogen and oxygen atoms in total. The van der Waals surface area contributed by atoms with Crippen molar-refractivity contribution in [2.24, 2.45) is 5.92 Å². The van der Waals surface area contributed by atoms with Crippen LogP contribution in [0.4, 0.5) is 22.7 Å². The third kappa shape index (κ3) is 5.49. The van der Waals surface area contributed by atoms with E-state index in [0.717, 1.165) is 17.5 Å². The van der Waals surface area contributed by atoms with E-state index in [2.05, 4.69) is 0 Å². The molecule has 10 heteroatoms. The SMILES string of the molecule is C[C@H]1[C@H]([Si](C)(C)O)[C@@H](CC(=O)N2Cc3ccccc3C[C@H]2CO)O[C@]12C(=O)N(c1ccccc1)c1ccc(N(C=O)c3ccccc3)cc12. The molecule has 0 aromatic heterocycles. The molecule has 1 saturated heterocycles. The fraction of sp³-hybridized carbons (Fsp3) is 0.308. The van der Waals surface area contributed by atoms with Gasteiger partial charge in [-0.15, -0.1) is 0 Å². The summed E-state index contributed by atoms with van der Waals surface area (Å²) < 4.78 is 6.99. The Hall–Kier alpha value is -4.61. The minimum Gasteiger partial charge on any atom is -0.432 e. The lowest BCUT2D eigenvalue weighted by Crippen LogP contribution is -2.48. The van der Waals surface area contributed by atoms with Gasteiger partial charge in [0.2, 0.25) is 12.3 Å². The lowest BCUT2D eigenvalue weighted by atomic mass is 9.82. The third-order valence-electron chi connectivity index (χ3n) is 10.6. The molecule has 4 aromatic rings. The molecule has 0 aliphatic carbocycles. The van der Waals surface area contributed by atoms with Crippen molar-refractivity contribution in [3.8, 4) is 0 Å². The number of para-hydroxylation sites is 2. The van der Waals surface area contributed by atoms with E-state index in [0.29, 0.717) is 41.3 Å². The molecule has 0 radical (unpaired) electrons. The summed E-state index contributed by atoms with van der Waals surface area (Å²) in [4.78, 5) is 58.4. The summed E-state index contributed by atoms with van der Waals surface area (Å²) in [5.74, 6) is -1.00. The monoisotopic (exact) mass is 675 g/mol. The Bertz CT molecular complexity index is 1880. The molecule has 7 rings (SSSR count). The highest BCUT2D eigenvalue weighted by molar-refractivity contribution is 6.71. The maximum absolute atomic E-state index is 15.0. The highest BCUT2D eigenvalue weighted by Gasteiger charge is 2.67. The van der Waals surface area contributed by atoms with Crippen molar-refractivity contribution in [3.63, 3.8) is 0 Å². The second-order valence-corrected chi connectivity index (χ2v) is 17.9. The number of rotatable bonds is 8. The van der Waals surface area contributed by atoms with Crippen molar-refractivity contribution in [2.75, 3.05) is 16.4 Å². The largest absolute Gasteiger partial charge is 0.432 e. The highest BCUT2D eigenvalue weighted by atomic mass is 28.4. The summed E-state index contributed by atoms with van der Waals surface area (Å²) in [6.07, 6.45) is 0.475. The Labute approximate surface area is 287 Å². The van der Waals surface area contributed by atoms with Gasteiger partial charge in [0.25, 0.3) is 5.91 Å². The summed E-state index contributed by atoms with van der Waals surface area (Å²) in [5.41, 5.74) is 3.26. The number of ether oxygens (including phenoxy) is 1. The maximum atomic E-state index is 15.0. The topological polar surface area (TPSA) is 111 Å². The first-order valence-corrected chi connectivity index (χ1v) is 19.8. The van der Waals surface area contributed by atoms with E-state index >= 15 is 0 Å². The second-order valence-electron chi connectivity index (χ2n) is 13.9. The Balaban J connectivity index is 1.31. The lowest BCUT2D eigenvalue weighted by molar-refractivity contribution is -0.150. The van der Waals surface area contributed by atoms with E-state index in [-0.39, 0.29) is 30.9 Å². The molecule has 49 heavy (non-hydrogen) atoms. The summed E-state index contributed by atoms with van der Waals surface area (Å²) in [5, 5.41) is 10.3. The predicted molar refractivity (Wildman–Crippen MR) is 190 cm³/mol. The average molecular weight is 676 g/mol. The van der Waals surface area contributed by atoms with Crippen LogP contribution in [-0.2, 0) is 37.7 Å². The second kappa shape index (κ2) is 12.7. The smallest absolute Gasteiger partial charge is 0.268 e. The van der Waals surface area contributed by atoms with Gasteiger partial charge in [0.15, 0.2) is 13.9 Å². The molecule has 5 atom stereocenters. The molecule has 0 unspecified atom stereocenters. The first-order chi connectivity index (χ1) is 23.6. The van der Waals surface area contributed by atoms with Crippen LogP contribution >= 0.6 is 0 Å². The molecule has 1 fully saturated rings. The van der Waals surface area contributed by atoms with Crippen molar-refractivity contribution in [1.82, 2.24) is 4.90 Å². The number of carbonyl (C=O) groups is 3. The summed E-state index contributed by atoms with van der Waals surface area (Å²) in [7, 11) is -3.07. The van der Waals surface area contributed by atoms with Crippen molar-refractivity contribution >= 4 is 49.3 Å². The van der Waals surface area contributed by atoms with Crippen LogP contribution in [0.25, 0.3) is 0 Å². The number of hydrogen-bond donors (Lipinski definition) is 2. The van der Waals surface area contributed by atoms with Gasteiger partial charge in [0, 0.05) is 40.6 Å². The van der Waals surface area contributed by atoms with Crippen molar-refractivity contribution < 1.29 is 29.0 Å². The zero-order chi connectivity index (χ0) is 34.5. The standard InChI is InChI=1S/C39H41N3O6Si/c1-26-37(49(2,3)47)35(22-36(45)40-23-28-13-11-10-12-27(28)20-32(40)24-43)48-39(26)33-21-31(41(25-44)29-14-6-4-7-15-29)18-19-34(33)42(38(39)46)30-16-8-5-9-17-30/h4-19,21,25-26,32,35,37,43,47H,20,22-24H2,1-3H3/t26-,32-,35+,37-,39+/m0/s1. The van der Waals surface area contributed by atoms with Crippen molar-refractivity contribution in [2.45, 2.75) is 62.7 Å². The molecule has 0 saturated carbocycles. The van der Waals surface area contributed by atoms with Crippen LogP contribution < -0.4 is 9.80 Å². The Morgan fingerprint density at radius 3 is 2.27 bits per heavy atom. The first-order valence-electron chi connectivity index (χ1n) is 16.8. The van der Waals surface area contributed by atoms with Crippen LogP contribution in [0.2, 0.25) is 18.6 Å². The van der Waals surface area contributed by atoms with Crippen LogP contribution in [0, 0.1) is 5.92 Å². The van der Waals surface area contributed by atoms with Gasteiger partial charge < -0.3 is 19.5 Å². The molecule has 252 valence electrons. The van der Waals surface area contributed by atoms with Gasteiger partial charge >= 0.3 is 0 Å². The van der Waals surface area contributed by atoms with Crippen LogP contribution in [0.1, 0.15) is 30.0 Å². The van der Waals surface area contributed by atoms with Crippen molar-refractivity contribution in [1.29, 1.82) is 0 Å². The number of aliphatic hydroxyl groups is 1. The van der Waals surface area contributed by atoms with Crippen LogP contribution in [0.5, 0.6) is 0 Å². The summed E-state index contributed by atoms with van der Waals surface area (Å²) >= 11 is 0. The van der Waals surface area contributed by atoms with Crippen LogP contribution in [0.3, 0.4) is 0 Å². The molecule has 3 aliphatic rings. The number of fused-ring (bicyclic) bond motifs is 3. The zero-order valence-electron chi connectivity index (χ0n) is 27.9. The van der Waals surface area contributed by atoms with Gasteiger partial charge in [0.05, 0.1) is 30.9 Å². The van der Waals surface area contributed by atoms with Gasteiger partial charge in [-0.05, 0) is 73.1 Å². The van der Waals surface area contributed by atoms with E-state index in [1.807, 2.05) is 123 Å². The fourth-order valence-corrected chi connectivity index (χ4v) is 10.9. The molecular formula is C39H41N3O6Si. The third-order valence-corrected chi connectivity index (χ3v) is 13.1. The van der Waals surface area contributed by atoms with Gasteiger partial charge in [-0.2, -0.15) is 0 Å². The van der Waals surface area contributed by atoms with Gasteiger partial charge in [-0.1, -0.05) is 67.6 Å². The molecule has 2 N–H and O–H groups in total. The van der Waals surface area contributed by atoms with Gasteiger partial charge in [-0.25, -0.2) is 0 Å². The molecule has 4 aromatic carbocycles. The average Bonchev–Trinajstić information content (AvgIpc) is 3.54. The number of benzene rings is 4. The normalized spacial score (nSPS) is 24.6. The molecule has 3 aliphatic heterocycles. The maximum Gasteiger partial charge on any atom is 0.268 e. The fourth-order valence-electron chi connectivity index (χ4n) is 8.37. The Morgan fingerprint density at radius 2 is 1.61 bits per heavy atom. The van der Waals surface area contributed by atoms with E-state index < -0.39 is 31.5 Å². The zero-order valence-corrected chi connectivity index (χ0v) is 28.9. The minimum absolute atomic E-state index is 0.0511. The number of carbonyl (C=O) groups excluding carboxylic acids is 3. The summed E-state index contributed by atoms with van der Waals surface area (Å²) in [6, 6.07) is 31.7. The number of anilines is 4. The molecule has 3 heterocycles. The highest BCUT2D eigenvalue weighted by Crippen LogP contribution is 2.61. The first kappa shape index (κ1) is 32.9. The predicted octanol–water partition coefficient (Wildman–Crippen LogP) is 5.79. The van der Waals surface area contributed by atoms with E-state index in [4.69, 9.17) is 4.74 Å². The number of hydrogen-bond acceptors (Lipinski definition) is 6. The minimum atomic E-state index is -3.07. The Kier molecular flexibility index (Phi) is 8.52. The van der Waals surface area contributed by atoms with E-state index in [1.54, 1.807) is 9.80 Å². The summed E-state index contributed by atoms with van der Waals surface area (Å²) in [6.45, 7) is 5.79. The Morgan fingerprint density at radius 1 is 0.959 bits per heavy atom. The number of nitrogens with zero attached hydrogens (tertiary/aromatic N) is 3. The quantitative estimate of drug-likeness (QED) is 0.181. The van der Waals surface area contributed by atoms with E-state index in [9.17, 15) is 24.3 Å². The lowest BCUT2D eigenvalue weighted by Gasteiger charge is -2.37. The van der Waals surface area contributed by atoms with Gasteiger partial charge in [-0.3, -0.25) is 24.2 Å². The molecule has 0 bridgehead atoms. The van der Waals surface area contributed by atoms with Crippen LogP contribution in [0.15, 0.2) is 103 Å². The van der Waals surface area contributed by atoms with Gasteiger partial charge in [0.1, 0.15) is 0 Å². The van der Waals surface area contributed by atoms with E-state index in [1.165, 1.54) is 4.90 Å². The number of amides is 3.